The number of hydrogen-bond donors (Lipinski definition) is 2. The van der Waals surface area contributed by atoms with Crippen LogP contribution in [0.4, 0.5) is 0 Å². The van der Waals surface area contributed by atoms with E-state index in [0.717, 1.165) is 35.0 Å². The molecule has 0 saturated carbocycles. The lowest BCUT2D eigenvalue weighted by Crippen LogP contribution is -2.42. The zero-order valence-electron chi connectivity index (χ0n) is 14.9. The summed E-state index contributed by atoms with van der Waals surface area (Å²) in [6.07, 6.45) is 4.51. The highest BCUT2D eigenvalue weighted by Crippen LogP contribution is 2.22. The minimum absolute atomic E-state index is 0.0481. The molecule has 150 valence electrons. The Labute approximate surface area is 175 Å². The summed E-state index contributed by atoms with van der Waals surface area (Å²) in [5.74, 6) is -2.04. The summed E-state index contributed by atoms with van der Waals surface area (Å²) in [6, 6.07) is 10.6. The average molecular weight is 452 g/mol. The van der Waals surface area contributed by atoms with Gasteiger partial charge in [0.15, 0.2) is 0 Å². The monoisotopic (exact) mass is 451 g/mol. The van der Waals surface area contributed by atoms with E-state index in [0.29, 0.717) is 5.01 Å². The zero-order chi connectivity index (χ0) is 21.2. The highest BCUT2D eigenvalue weighted by Gasteiger charge is 2.28. The van der Waals surface area contributed by atoms with Gasteiger partial charge in [0.05, 0.1) is 15.5 Å². The van der Waals surface area contributed by atoms with Crippen LogP contribution in [0, 0.1) is 0 Å². The summed E-state index contributed by atoms with van der Waals surface area (Å²) < 4.78 is 25.1. The van der Waals surface area contributed by atoms with E-state index in [-0.39, 0.29) is 21.2 Å². The zero-order valence-corrected chi connectivity index (χ0v) is 17.3. The second-order valence-electron chi connectivity index (χ2n) is 5.76. The Balaban J connectivity index is 1.79. The molecule has 0 aromatic heterocycles. The lowest BCUT2D eigenvalue weighted by molar-refractivity contribution is -0.123. The molecule has 0 radical (unpaired) electrons. The van der Waals surface area contributed by atoms with Crippen LogP contribution < -0.4 is 4.83 Å². The lowest BCUT2D eigenvalue weighted by Gasteiger charge is -2.14. The molecule has 1 aliphatic rings. The molecule has 2 N–H and O–H groups in total. The van der Waals surface area contributed by atoms with Gasteiger partial charge in [-0.15, -0.1) is 16.6 Å². The number of carbonyl (C=O) groups is 2. The number of hydrazine groups is 1. The summed E-state index contributed by atoms with van der Waals surface area (Å²) in [7, 11) is -4.24. The Kier molecular flexibility index (Phi) is 6.08. The Hall–Kier alpha value is -2.66. The first-order chi connectivity index (χ1) is 13.7. The van der Waals surface area contributed by atoms with Crippen molar-refractivity contribution in [1.29, 1.82) is 0 Å². The topological polar surface area (TPSA) is 116 Å². The van der Waals surface area contributed by atoms with Gasteiger partial charge in [-0.1, -0.05) is 23.7 Å². The molecule has 11 heteroatoms. The molecule has 8 nitrogen and oxygen atoms in total. The van der Waals surface area contributed by atoms with Crippen LogP contribution in [0.5, 0.6) is 0 Å². The average Bonchev–Trinajstić information content (AvgIpc) is 3.01. The largest absolute Gasteiger partial charge is 0.478 e. The van der Waals surface area contributed by atoms with Gasteiger partial charge in [-0.3, -0.25) is 4.79 Å². The van der Waals surface area contributed by atoms with E-state index < -0.39 is 21.9 Å². The molecule has 3 rings (SSSR count). The smallest absolute Gasteiger partial charge is 0.337 e. The molecule has 0 spiro atoms. The van der Waals surface area contributed by atoms with Crippen LogP contribution in [0.3, 0.4) is 0 Å². The van der Waals surface area contributed by atoms with E-state index in [1.807, 2.05) is 30.5 Å². The van der Waals surface area contributed by atoms with Crippen molar-refractivity contribution in [2.75, 3.05) is 6.26 Å². The first-order valence-corrected chi connectivity index (χ1v) is 11.1. The Bertz CT molecular complexity index is 1140. The second kappa shape index (κ2) is 8.37. The summed E-state index contributed by atoms with van der Waals surface area (Å²) in [6.45, 7) is 0. The molecule has 2 aromatic carbocycles. The second-order valence-corrected chi connectivity index (χ2v) is 8.71. The van der Waals surface area contributed by atoms with Gasteiger partial charge in [0.25, 0.3) is 15.9 Å². The number of amides is 1. The van der Waals surface area contributed by atoms with Crippen LogP contribution in [0.15, 0.2) is 62.9 Å². The van der Waals surface area contributed by atoms with Gasteiger partial charge in [0, 0.05) is 4.90 Å². The van der Waals surface area contributed by atoms with Crippen molar-refractivity contribution in [3.8, 4) is 0 Å². The number of nitrogens with one attached hydrogen (secondary N) is 1. The van der Waals surface area contributed by atoms with Gasteiger partial charge in [-0.25, -0.2) is 23.2 Å². The Morgan fingerprint density at radius 2 is 1.93 bits per heavy atom. The van der Waals surface area contributed by atoms with Gasteiger partial charge in [0.2, 0.25) is 0 Å². The maximum atomic E-state index is 12.5. The minimum Gasteiger partial charge on any atom is -0.478 e. The van der Waals surface area contributed by atoms with Gasteiger partial charge in [-0.2, -0.15) is 0 Å². The van der Waals surface area contributed by atoms with Crippen molar-refractivity contribution in [3.63, 3.8) is 0 Å². The van der Waals surface area contributed by atoms with Crippen molar-refractivity contribution >= 4 is 57.7 Å². The number of thioether (sulfide) groups is 1. The number of carbonyl (C=O) groups excluding carboxylic acids is 1. The molecule has 0 saturated heterocycles. The summed E-state index contributed by atoms with van der Waals surface area (Å²) in [5, 5.41) is 9.71. The van der Waals surface area contributed by atoms with Crippen LogP contribution >= 0.6 is 23.4 Å². The summed E-state index contributed by atoms with van der Waals surface area (Å²) in [5.41, 5.74) is 0.411. The fourth-order valence-corrected chi connectivity index (χ4v) is 4.01. The van der Waals surface area contributed by atoms with Crippen molar-refractivity contribution in [2.45, 2.75) is 9.79 Å². The molecule has 0 atom stereocenters. The number of hydrogen-bond acceptors (Lipinski definition) is 6. The van der Waals surface area contributed by atoms with E-state index >= 15 is 0 Å². The number of carboxylic acid groups (broad SMARTS) is 1. The van der Waals surface area contributed by atoms with Crippen molar-refractivity contribution in [2.24, 2.45) is 4.99 Å². The number of aromatic carboxylic acids is 1. The number of benzene rings is 2. The SMILES string of the molecule is CSc1ccc(/C=C2\N=CN(NS(=O)(=O)c3ccc(Cl)c(C(=O)O)c3)C2=O)cc1. The van der Waals surface area contributed by atoms with Crippen LogP contribution in [-0.2, 0) is 14.8 Å². The van der Waals surface area contributed by atoms with Crippen LogP contribution in [0.2, 0.25) is 5.02 Å². The fourth-order valence-electron chi connectivity index (χ4n) is 2.39. The molecule has 0 unspecified atom stereocenters. The summed E-state index contributed by atoms with van der Waals surface area (Å²) >= 11 is 7.34. The summed E-state index contributed by atoms with van der Waals surface area (Å²) in [4.78, 5) is 30.3. The molecule has 29 heavy (non-hydrogen) atoms. The van der Waals surface area contributed by atoms with Gasteiger partial charge in [0.1, 0.15) is 12.0 Å². The van der Waals surface area contributed by atoms with Crippen LogP contribution in [0.25, 0.3) is 6.08 Å². The van der Waals surface area contributed by atoms with Crippen molar-refractivity contribution < 1.29 is 23.1 Å². The number of halogens is 1. The predicted octanol–water partition coefficient (Wildman–Crippen LogP) is 2.87. The van der Waals surface area contributed by atoms with Crippen LogP contribution in [0.1, 0.15) is 15.9 Å². The van der Waals surface area contributed by atoms with E-state index in [1.54, 1.807) is 11.8 Å². The lowest BCUT2D eigenvalue weighted by atomic mass is 10.2. The molecule has 0 bridgehead atoms. The normalized spacial score (nSPS) is 15.3. The van der Waals surface area contributed by atoms with E-state index in [2.05, 4.69) is 9.82 Å². The third-order valence-corrected chi connectivity index (χ3v) is 6.25. The third kappa shape index (κ3) is 4.67. The standard InChI is InChI=1S/C18H14ClN3O5S2/c1-28-12-4-2-11(3-5-12)8-16-17(23)22(10-20-16)21-29(26,27)13-6-7-15(19)14(9-13)18(24)25/h2-10,21H,1H3,(H,24,25)/b16-8-. The van der Waals surface area contributed by atoms with Crippen molar-refractivity contribution in [3.05, 3.63) is 64.3 Å². The molecule has 1 amide bonds. The van der Waals surface area contributed by atoms with Gasteiger partial charge in [-0.05, 0) is 48.2 Å². The van der Waals surface area contributed by atoms with E-state index in [1.165, 1.54) is 6.08 Å². The van der Waals surface area contributed by atoms with Gasteiger partial charge >= 0.3 is 5.97 Å². The number of aliphatic imine (C=N–C) groups is 1. The third-order valence-electron chi connectivity index (χ3n) is 3.87. The van der Waals surface area contributed by atoms with E-state index in [9.17, 15) is 18.0 Å². The maximum absolute atomic E-state index is 12.5. The quantitative estimate of drug-likeness (QED) is 0.515. The first-order valence-electron chi connectivity index (χ1n) is 8.00. The highest BCUT2D eigenvalue weighted by molar-refractivity contribution is 7.98. The Morgan fingerprint density at radius 1 is 1.24 bits per heavy atom. The maximum Gasteiger partial charge on any atom is 0.337 e. The van der Waals surface area contributed by atoms with Gasteiger partial charge < -0.3 is 5.11 Å². The molecule has 0 aliphatic carbocycles. The molecule has 0 fully saturated rings. The number of carboxylic acids is 1. The molecular weight excluding hydrogens is 438 g/mol. The Morgan fingerprint density at radius 3 is 2.55 bits per heavy atom. The molecule has 2 aromatic rings. The van der Waals surface area contributed by atoms with Crippen molar-refractivity contribution in [1.82, 2.24) is 9.84 Å². The fraction of sp³-hybridized carbons (Fsp3) is 0.0556. The minimum atomic E-state index is -4.24. The molecular formula is C18H14ClN3O5S2. The predicted molar refractivity (Wildman–Crippen MR) is 110 cm³/mol. The number of rotatable bonds is 6. The first kappa shape index (κ1) is 21.1. The molecule has 1 aliphatic heterocycles. The highest BCUT2D eigenvalue weighted by atomic mass is 35.5. The van der Waals surface area contributed by atoms with Crippen LogP contribution in [-0.4, -0.2) is 43.0 Å². The molecule has 1 heterocycles. The number of nitrogens with zero attached hydrogens (tertiary/aromatic N) is 2. The van der Waals surface area contributed by atoms with E-state index in [4.69, 9.17) is 16.7 Å². The number of sulfonamides is 1.